The van der Waals surface area contributed by atoms with Crippen LogP contribution < -0.4 is 9.58 Å². The summed E-state index contributed by atoms with van der Waals surface area (Å²) in [4.78, 5) is 28.0. The topological polar surface area (TPSA) is 107 Å². The van der Waals surface area contributed by atoms with Gasteiger partial charge in [-0.15, -0.1) is 4.68 Å². The number of amides is 3. The number of anilines is 1. The molecule has 150 valence electrons. The Balaban J connectivity index is 1.43. The largest absolute Gasteiger partial charge is 0.508 e. The zero-order chi connectivity index (χ0) is 20.5. The zero-order valence-electron chi connectivity index (χ0n) is 16.3. The minimum absolute atomic E-state index is 0.0476. The van der Waals surface area contributed by atoms with Crippen molar-refractivity contribution in [2.45, 2.75) is 26.8 Å². The number of benzene rings is 1. The molecule has 9 heteroatoms. The van der Waals surface area contributed by atoms with Crippen LogP contribution >= 0.6 is 0 Å². The van der Waals surface area contributed by atoms with Gasteiger partial charge >= 0.3 is 6.03 Å². The summed E-state index contributed by atoms with van der Waals surface area (Å²) in [5.41, 5.74) is 3.25. The van der Waals surface area contributed by atoms with E-state index in [2.05, 4.69) is 10.3 Å². The Hall–Kier alpha value is -3.62. The number of nitrogens with zero attached hydrogens (tertiary/aromatic N) is 4. The quantitative estimate of drug-likeness (QED) is 0.487. The molecule has 1 fully saturated rings. The molecule has 4 rings (SSSR count). The molecule has 3 amide bonds. The van der Waals surface area contributed by atoms with Gasteiger partial charge in [0.15, 0.2) is 0 Å². The fourth-order valence-electron chi connectivity index (χ4n) is 3.40. The molecule has 2 aromatic heterocycles. The minimum atomic E-state index is -0.336. The van der Waals surface area contributed by atoms with Gasteiger partial charge in [0.1, 0.15) is 23.7 Å². The summed E-state index contributed by atoms with van der Waals surface area (Å²) in [5, 5.41) is 16.4. The molecule has 1 aliphatic heterocycles. The molecule has 0 saturated carbocycles. The molecule has 3 aromatic rings. The van der Waals surface area contributed by atoms with Crippen LogP contribution in [0.15, 0.2) is 41.2 Å². The molecule has 0 radical (unpaired) electrons. The van der Waals surface area contributed by atoms with Crippen molar-refractivity contribution in [3.63, 3.8) is 0 Å². The molecule has 0 spiro atoms. The number of H-pyrrole nitrogens is 1. The van der Waals surface area contributed by atoms with Gasteiger partial charge in [0, 0.05) is 6.54 Å². The molecule has 0 unspecified atom stereocenters. The van der Waals surface area contributed by atoms with E-state index in [1.165, 1.54) is 9.80 Å². The monoisotopic (exact) mass is 396 g/mol. The SMILES string of the molecule is Cc1noc(C)c1C[n+]1cc(N2C(=O)CN(CCc3ccc(O)cc3)C2=O)c[nH]1. The fourth-order valence-corrected chi connectivity index (χ4v) is 3.40. The summed E-state index contributed by atoms with van der Waals surface area (Å²) < 4.78 is 6.96. The standard InChI is InChI=1S/C20H21N5O4/c1-13-18(14(2)29-22-13)11-24-10-16(9-21-24)25-19(27)12-23(20(25)28)8-7-15-3-5-17(26)6-4-15/h3-6,9-10,26H,7-8,11-12H2,1-2H3/p+1. The number of aromatic nitrogens is 3. The minimum Gasteiger partial charge on any atom is -0.508 e. The van der Waals surface area contributed by atoms with Crippen LogP contribution in [0.3, 0.4) is 0 Å². The number of nitrogens with one attached hydrogen (secondary N) is 1. The first kappa shape index (κ1) is 18.7. The summed E-state index contributed by atoms with van der Waals surface area (Å²) in [7, 11) is 0. The Labute approximate surface area is 167 Å². The van der Waals surface area contributed by atoms with Gasteiger partial charge in [0.25, 0.3) is 5.91 Å². The molecule has 1 saturated heterocycles. The molecule has 0 aliphatic carbocycles. The molecule has 3 heterocycles. The van der Waals surface area contributed by atoms with Crippen molar-refractivity contribution in [1.82, 2.24) is 15.2 Å². The van der Waals surface area contributed by atoms with Crippen molar-refractivity contribution >= 4 is 17.6 Å². The van der Waals surface area contributed by atoms with Crippen LogP contribution in [-0.4, -0.2) is 45.3 Å². The predicted molar refractivity (Wildman–Crippen MR) is 102 cm³/mol. The number of hydrogen-bond acceptors (Lipinski definition) is 5. The van der Waals surface area contributed by atoms with Crippen LogP contribution in [0.25, 0.3) is 0 Å². The second-order valence-corrected chi connectivity index (χ2v) is 7.11. The van der Waals surface area contributed by atoms with E-state index in [1.54, 1.807) is 41.3 Å². The second-order valence-electron chi connectivity index (χ2n) is 7.11. The molecular weight excluding hydrogens is 374 g/mol. The number of phenols is 1. The lowest BCUT2D eigenvalue weighted by molar-refractivity contribution is -0.742. The van der Waals surface area contributed by atoms with Crippen LogP contribution in [0, 0.1) is 13.8 Å². The second kappa shape index (κ2) is 7.42. The number of phenolic OH excluding ortho intramolecular Hbond substituents is 1. The van der Waals surface area contributed by atoms with Crippen LogP contribution in [0.4, 0.5) is 10.5 Å². The Morgan fingerprint density at radius 2 is 2.00 bits per heavy atom. The average Bonchev–Trinajstić information content (AvgIpc) is 3.36. The third kappa shape index (κ3) is 3.71. The van der Waals surface area contributed by atoms with Crippen LogP contribution in [0.1, 0.15) is 22.6 Å². The van der Waals surface area contributed by atoms with Gasteiger partial charge in [-0.2, -0.15) is 5.10 Å². The molecular formula is C20H22N5O4+. The van der Waals surface area contributed by atoms with Gasteiger partial charge in [-0.1, -0.05) is 17.3 Å². The lowest BCUT2D eigenvalue weighted by atomic mass is 10.1. The van der Waals surface area contributed by atoms with E-state index in [9.17, 15) is 14.7 Å². The molecule has 29 heavy (non-hydrogen) atoms. The van der Waals surface area contributed by atoms with Crippen LogP contribution in [-0.2, 0) is 17.8 Å². The van der Waals surface area contributed by atoms with Crippen LogP contribution in [0.5, 0.6) is 5.75 Å². The Bertz CT molecular complexity index is 1030. The van der Waals surface area contributed by atoms with Crippen molar-refractivity contribution < 1.29 is 23.9 Å². The number of carbonyl (C=O) groups excluding carboxylic acids is 2. The molecule has 9 nitrogen and oxygen atoms in total. The van der Waals surface area contributed by atoms with Crippen molar-refractivity contribution in [1.29, 1.82) is 0 Å². The van der Waals surface area contributed by atoms with E-state index in [0.717, 1.165) is 22.6 Å². The molecule has 0 atom stereocenters. The predicted octanol–water partition coefficient (Wildman–Crippen LogP) is 1.67. The first-order chi connectivity index (χ1) is 13.9. The Kier molecular flexibility index (Phi) is 4.79. The maximum atomic E-state index is 12.8. The highest BCUT2D eigenvalue weighted by molar-refractivity contribution is 6.19. The number of hydrogen-bond donors (Lipinski definition) is 2. The lowest BCUT2D eigenvalue weighted by Gasteiger charge is -2.15. The third-order valence-corrected chi connectivity index (χ3v) is 5.08. The normalized spacial score (nSPS) is 14.3. The molecule has 1 aliphatic rings. The van der Waals surface area contributed by atoms with Gasteiger partial charge in [-0.05, 0) is 38.0 Å². The maximum absolute atomic E-state index is 12.8. The number of rotatable bonds is 6. The van der Waals surface area contributed by atoms with Crippen LogP contribution in [0.2, 0.25) is 0 Å². The number of imide groups is 1. The number of aromatic amines is 1. The number of carbonyl (C=O) groups is 2. The fraction of sp³-hybridized carbons (Fsp3) is 0.300. The van der Waals surface area contributed by atoms with E-state index in [-0.39, 0.29) is 24.2 Å². The van der Waals surface area contributed by atoms with E-state index in [0.29, 0.717) is 25.2 Å². The van der Waals surface area contributed by atoms with E-state index >= 15 is 0 Å². The lowest BCUT2D eigenvalue weighted by Crippen LogP contribution is -2.37. The maximum Gasteiger partial charge on any atom is 0.332 e. The van der Waals surface area contributed by atoms with Gasteiger partial charge < -0.3 is 14.5 Å². The van der Waals surface area contributed by atoms with Gasteiger partial charge in [-0.3, -0.25) is 4.79 Å². The summed E-state index contributed by atoms with van der Waals surface area (Å²) in [6.45, 7) is 4.69. The highest BCUT2D eigenvalue weighted by atomic mass is 16.5. The highest BCUT2D eigenvalue weighted by Gasteiger charge is 2.38. The highest BCUT2D eigenvalue weighted by Crippen LogP contribution is 2.20. The first-order valence-corrected chi connectivity index (χ1v) is 9.32. The third-order valence-electron chi connectivity index (χ3n) is 5.08. The molecule has 0 bridgehead atoms. The molecule has 1 aromatic carbocycles. The average molecular weight is 396 g/mol. The summed E-state index contributed by atoms with van der Waals surface area (Å²) in [6, 6.07) is 6.49. The summed E-state index contributed by atoms with van der Waals surface area (Å²) in [6.07, 6.45) is 3.97. The zero-order valence-corrected chi connectivity index (χ0v) is 16.3. The number of aryl methyl sites for hydroxylation is 2. The van der Waals surface area contributed by atoms with E-state index in [1.807, 2.05) is 13.8 Å². The van der Waals surface area contributed by atoms with Gasteiger partial charge in [-0.25, -0.2) is 9.69 Å². The Morgan fingerprint density at radius 3 is 2.69 bits per heavy atom. The van der Waals surface area contributed by atoms with Crippen molar-refractivity contribution in [2.75, 3.05) is 18.0 Å². The van der Waals surface area contributed by atoms with E-state index < -0.39 is 0 Å². The van der Waals surface area contributed by atoms with E-state index in [4.69, 9.17) is 4.52 Å². The van der Waals surface area contributed by atoms with Crippen molar-refractivity contribution in [2.24, 2.45) is 0 Å². The summed E-state index contributed by atoms with van der Waals surface area (Å²) >= 11 is 0. The number of aromatic hydroxyl groups is 1. The van der Waals surface area contributed by atoms with Crippen molar-refractivity contribution in [3.8, 4) is 5.75 Å². The van der Waals surface area contributed by atoms with Crippen molar-refractivity contribution in [3.05, 3.63) is 59.2 Å². The smallest absolute Gasteiger partial charge is 0.332 e. The van der Waals surface area contributed by atoms with Gasteiger partial charge in [0.05, 0.1) is 17.5 Å². The Morgan fingerprint density at radius 1 is 1.24 bits per heavy atom. The molecule has 2 N–H and O–H groups in total. The summed E-state index contributed by atoms with van der Waals surface area (Å²) in [5.74, 6) is 0.675. The van der Waals surface area contributed by atoms with Gasteiger partial charge in [0.2, 0.25) is 12.7 Å². The first-order valence-electron chi connectivity index (χ1n) is 9.32. The number of urea groups is 1.